The van der Waals surface area contributed by atoms with Gasteiger partial charge in [0.15, 0.2) is 0 Å². The van der Waals surface area contributed by atoms with Crippen molar-refractivity contribution in [1.29, 1.82) is 0 Å². The summed E-state index contributed by atoms with van der Waals surface area (Å²) < 4.78 is 26.9. The molecule has 0 rings (SSSR count). The molecular weight excluding hydrogens is 130 g/mol. The molecule has 0 aliphatic carbocycles. The Labute approximate surface area is 52.4 Å². The molecule has 4 heteroatoms. The van der Waals surface area contributed by atoms with Gasteiger partial charge in [-0.05, 0) is 6.92 Å². The fourth-order valence-electron chi connectivity index (χ4n) is 0.328. The van der Waals surface area contributed by atoms with Gasteiger partial charge in [-0.3, -0.25) is 0 Å². The standard InChI is InChI=1S/C5H10F2O2/c1-4(8)2-9-3-5(6)7/h4-5,8H,2-3H2,1H3/t4-/m1/s1. The van der Waals surface area contributed by atoms with Gasteiger partial charge < -0.3 is 9.84 Å². The molecule has 0 unspecified atom stereocenters. The predicted molar refractivity (Wildman–Crippen MR) is 28.5 cm³/mol. The van der Waals surface area contributed by atoms with E-state index < -0.39 is 19.1 Å². The topological polar surface area (TPSA) is 29.5 Å². The highest BCUT2D eigenvalue weighted by molar-refractivity contribution is 4.41. The van der Waals surface area contributed by atoms with Crippen molar-refractivity contribution in [3.63, 3.8) is 0 Å². The minimum absolute atomic E-state index is 0.0235. The predicted octanol–water partition coefficient (Wildman–Crippen LogP) is 0.649. The van der Waals surface area contributed by atoms with Crippen LogP contribution < -0.4 is 0 Å². The van der Waals surface area contributed by atoms with Gasteiger partial charge in [0.2, 0.25) is 0 Å². The van der Waals surface area contributed by atoms with E-state index in [1.165, 1.54) is 6.92 Å². The third kappa shape index (κ3) is 7.78. The molecule has 0 saturated carbocycles. The summed E-state index contributed by atoms with van der Waals surface area (Å²) in [5.74, 6) is 0. The Morgan fingerprint density at radius 3 is 2.33 bits per heavy atom. The first kappa shape index (κ1) is 8.78. The minimum Gasteiger partial charge on any atom is -0.391 e. The van der Waals surface area contributed by atoms with Crippen molar-refractivity contribution in [3.05, 3.63) is 0 Å². The van der Waals surface area contributed by atoms with E-state index >= 15 is 0 Å². The monoisotopic (exact) mass is 140 g/mol. The summed E-state index contributed by atoms with van der Waals surface area (Å²) >= 11 is 0. The van der Waals surface area contributed by atoms with E-state index in [0.717, 1.165) is 0 Å². The maximum atomic E-state index is 11.3. The summed E-state index contributed by atoms with van der Waals surface area (Å²) in [7, 11) is 0. The zero-order chi connectivity index (χ0) is 7.28. The van der Waals surface area contributed by atoms with Crippen LogP contribution in [0.5, 0.6) is 0 Å². The number of halogens is 2. The molecule has 0 radical (unpaired) electrons. The van der Waals surface area contributed by atoms with Gasteiger partial charge in [0.1, 0.15) is 6.61 Å². The van der Waals surface area contributed by atoms with Crippen molar-refractivity contribution in [3.8, 4) is 0 Å². The highest BCUT2D eigenvalue weighted by Crippen LogP contribution is 1.92. The summed E-state index contributed by atoms with van der Waals surface area (Å²) in [6.45, 7) is 0.862. The molecule has 0 aromatic heterocycles. The Bertz CT molecular complexity index is 58.0. The van der Waals surface area contributed by atoms with Gasteiger partial charge in [-0.25, -0.2) is 8.78 Å². The molecule has 9 heavy (non-hydrogen) atoms. The molecule has 0 amide bonds. The van der Waals surface area contributed by atoms with Crippen LogP contribution in [0.15, 0.2) is 0 Å². The Morgan fingerprint density at radius 1 is 1.44 bits per heavy atom. The van der Waals surface area contributed by atoms with Crippen LogP contribution in [0.1, 0.15) is 6.92 Å². The molecule has 0 bridgehead atoms. The molecule has 0 aromatic rings. The van der Waals surface area contributed by atoms with Crippen LogP contribution in [-0.2, 0) is 4.74 Å². The van der Waals surface area contributed by atoms with Gasteiger partial charge in [0, 0.05) is 0 Å². The lowest BCUT2D eigenvalue weighted by Crippen LogP contribution is -2.14. The largest absolute Gasteiger partial charge is 0.391 e. The van der Waals surface area contributed by atoms with Crippen molar-refractivity contribution in [2.75, 3.05) is 13.2 Å². The molecule has 0 aliphatic rings. The smallest absolute Gasteiger partial charge is 0.261 e. The van der Waals surface area contributed by atoms with E-state index in [0.29, 0.717) is 0 Å². The van der Waals surface area contributed by atoms with E-state index in [9.17, 15) is 8.78 Å². The van der Waals surface area contributed by atoms with Gasteiger partial charge in [-0.15, -0.1) is 0 Å². The normalized spacial score (nSPS) is 14.3. The van der Waals surface area contributed by atoms with Crippen LogP contribution in [-0.4, -0.2) is 30.8 Å². The second-order valence-electron chi connectivity index (χ2n) is 1.78. The average Bonchev–Trinajstić information content (AvgIpc) is 1.63. The van der Waals surface area contributed by atoms with Crippen molar-refractivity contribution < 1.29 is 18.6 Å². The summed E-state index contributed by atoms with van der Waals surface area (Å²) in [4.78, 5) is 0. The van der Waals surface area contributed by atoms with Crippen LogP contribution in [0.4, 0.5) is 8.78 Å². The minimum atomic E-state index is -2.44. The first-order valence-corrected chi connectivity index (χ1v) is 2.67. The first-order chi connectivity index (χ1) is 4.13. The third-order valence-electron chi connectivity index (χ3n) is 0.603. The molecule has 0 heterocycles. The van der Waals surface area contributed by atoms with Crippen LogP contribution >= 0.6 is 0 Å². The van der Waals surface area contributed by atoms with Gasteiger partial charge in [-0.1, -0.05) is 0 Å². The summed E-state index contributed by atoms with van der Waals surface area (Å²) in [5.41, 5.74) is 0. The van der Waals surface area contributed by atoms with Gasteiger partial charge >= 0.3 is 0 Å². The molecule has 1 atom stereocenters. The Morgan fingerprint density at radius 2 is 2.00 bits per heavy atom. The molecule has 0 aliphatic heterocycles. The number of ether oxygens (including phenoxy) is 1. The second kappa shape index (κ2) is 4.64. The summed E-state index contributed by atoms with van der Waals surface area (Å²) in [5, 5.41) is 8.50. The third-order valence-corrected chi connectivity index (χ3v) is 0.603. The van der Waals surface area contributed by atoms with E-state index in [1.807, 2.05) is 0 Å². The van der Waals surface area contributed by atoms with Crippen molar-refractivity contribution >= 4 is 0 Å². The van der Waals surface area contributed by atoms with Crippen LogP contribution in [0.3, 0.4) is 0 Å². The zero-order valence-electron chi connectivity index (χ0n) is 5.18. The molecule has 56 valence electrons. The highest BCUT2D eigenvalue weighted by atomic mass is 19.3. The number of hydrogen-bond acceptors (Lipinski definition) is 2. The summed E-state index contributed by atoms with van der Waals surface area (Å²) in [6, 6.07) is 0. The fraction of sp³-hybridized carbons (Fsp3) is 1.00. The number of aliphatic hydroxyl groups is 1. The molecule has 0 saturated heterocycles. The van der Waals surface area contributed by atoms with E-state index in [2.05, 4.69) is 4.74 Å². The van der Waals surface area contributed by atoms with Gasteiger partial charge in [0.25, 0.3) is 6.43 Å². The van der Waals surface area contributed by atoms with E-state index in [1.54, 1.807) is 0 Å². The molecule has 0 fully saturated rings. The lowest BCUT2D eigenvalue weighted by atomic mass is 10.4. The first-order valence-electron chi connectivity index (χ1n) is 2.67. The SMILES string of the molecule is C[C@@H](O)COCC(F)F. The number of hydrogen-bond donors (Lipinski definition) is 1. The van der Waals surface area contributed by atoms with Crippen molar-refractivity contribution in [2.24, 2.45) is 0 Å². The number of rotatable bonds is 4. The molecule has 1 N–H and O–H groups in total. The lowest BCUT2D eigenvalue weighted by molar-refractivity contribution is -0.0150. The molecular formula is C5H10F2O2. The van der Waals surface area contributed by atoms with E-state index in [4.69, 9.17) is 5.11 Å². The maximum Gasteiger partial charge on any atom is 0.261 e. The quantitative estimate of drug-likeness (QED) is 0.621. The van der Waals surface area contributed by atoms with Crippen LogP contribution in [0, 0.1) is 0 Å². The molecule has 0 spiro atoms. The summed E-state index contributed by atoms with van der Waals surface area (Å²) in [6.07, 6.45) is -3.10. The Balaban J connectivity index is 2.91. The van der Waals surface area contributed by atoms with Crippen molar-refractivity contribution in [1.82, 2.24) is 0 Å². The maximum absolute atomic E-state index is 11.3. The Kier molecular flexibility index (Phi) is 4.53. The highest BCUT2D eigenvalue weighted by Gasteiger charge is 2.02. The second-order valence-corrected chi connectivity index (χ2v) is 1.78. The van der Waals surface area contributed by atoms with Crippen LogP contribution in [0.25, 0.3) is 0 Å². The van der Waals surface area contributed by atoms with Crippen molar-refractivity contribution in [2.45, 2.75) is 19.5 Å². The number of alkyl halides is 2. The fourth-order valence-corrected chi connectivity index (χ4v) is 0.328. The van der Waals surface area contributed by atoms with E-state index in [-0.39, 0.29) is 6.61 Å². The van der Waals surface area contributed by atoms with Crippen LogP contribution in [0.2, 0.25) is 0 Å². The zero-order valence-corrected chi connectivity index (χ0v) is 5.18. The Hall–Kier alpha value is -0.220. The molecule has 2 nitrogen and oxygen atoms in total. The average molecular weight is 140 g/mol. The molecule has 0 aromatic carbocycles. The van der Waals surface area contributed by atoms with Gasteiger partial charge in [-0.2, -0.15) is 0 Å². The lowest BCUT2D eigenvalue weighted by Gasteiger charge is -2.03. The van der Waals surface area contributed by atoms with Gasteiger partial charge in [0.05, 0.1) is 12.7 Å². The number of aliphatic hydroxyl groups excluding tert-OH is 1.